The first kappa shape index (κ1) is 10.5. The topological polar surface area (TPSA) is 63.9 Å². The van der Waals surface area contributed by atoms with E-state index in [0.717, 1.165) is 0 Å². The van der Waals surface area contributed by atoms with Gasteiger partial charge in [0.1, 0.15) is 17.4 Å². The van der Waals surface area contributed by atoms with Gasteiger partial charge in [-0.05, 0) is 19.1 Å². The van der Waals surface area contributed by atoms with Crippen LogP contribution in [0.15, 0.2) is 18.2 Å². The van der Waals surface area contributed by atoms with Crippen LogP contribution in [0.1, 0.15) is 5.56 Å². The average molecular weight is 221 g/mol. The number of nitrogens with zero attached hydrogens (tertiary/aromatic N) is 1. The Kier molecular flexibility index (Phi) is 2.52. The summed E-state index contributed by atoms with van der Waals surface area (Å²) in [6, 6.07) is 4.65. The molecule has 0 saturated carbocycles. The molecule has 0 aliphatic carbocycles. The molecule has 84 valence electrons. The predicted octanol–water partition coefficient (Wildman–Crippen LogP) is 2.12. The molecule has 0 aliphatic heterocycles. The van der Waals surface area contributed by atoms with E-state index in [9.17, 15) is 4.39 Å². The van der Waals surface area contributed by atoms with Gasteiger partial charge in [0.25, 0.3) is 0 Å². The fourth-order valence-electron chi connectivity index (χ4n) is 1.57. The fourth-order valence-corrected chi connectivity index (χ4v) is 1.57. The number of aromatic nitrogens is 2. The van der Waals surface area contributed by atoms with E-state index in [1.54, 1.807) is 19.1 Å². The Morgan fingerprint density at radius 1 is 1.44 bits per heavy atom. The van der Waals surface area contributed by atoms with E-state index in [4.69, 9.17) is 10.5 Å². The smallest absolute Gasteiger partial charge is 0.148 e. The molecule has 16 heavy (non-hydrogen) atoms. The summed E-state index contributed by atoms with van der Waals surface area (Å²) in [4.78, 5) is 0. The van der Waals surface area contributed by atoms with Crippen molar-refractivity contribution in [1.29, 1.82) is 0 Å². The summed E-state index contributed by atoms with van der Waals surface area (Å²) in [5.74, 6) is 0.443. The molecule has 0 fully saturated rings. The highest BCUT2D eigenvalue weighted by molar-refractivity contribution is 5.73. The molecular weight excluding hydrogens is 209 g/mol. The van der Waals surface area contributed by atoms with Gasteiger partial charge in [0.05, 0.1) is 18.4 Å². The van der Waals surface area contributed by atoms with Crippen molar-refractivity contribution in [1.82, 2.24) is 10.2 Å². The Bertz CT molecular complexity index is 522. The second-order valence-corrected chi connectivity index (χ2v) is 3.43. The maximum Gasteiger partial charge on any atom is 0.148 e. The zero-order valence-electron chi connectivity index (χ0n) is 9.04. The molecule has 0 saturated heterocycles. The second-order valence-electron chi connectivity index (χ2n) is 3.43. The quantitative estimate of drug-likeness (QED) is 0.816. The van der Waals surface area contributed by atoms with Crippen molar-refractivity contribution in [3.05, 3.63) is 29.6 Å². The largest absolute Gasteiger partial charge is 0.496 e. The van der Waals surface area contributed by atoms with Crippen LogP contribution in [-0.2, 0) is 0 Å². The number of anilines is 1. The van der Waals surface area contributed by atoms with Gasteiger partial charge >= 0.3 is 0 Å². The van der Waals surface area contributed by atoms with Crippen LogP contribution in [0.25, 0.3) is 11.3 Å². The molecule has 2 rings (SSSR count). The van der Waals surface area contributed by atoms with Crippen molar-refractivity contribution < 1.29 is 9.13 Å². The van der Waals surface area contributed by atoms with Crippen molar-refractivity contribution in [3.8, 4) is 17.0 Å². The minimum atomic E-state index is -0.369. The molecule has 0 unspecified atom stereocenters. The van der Waals surface area contributed by atoms with Crippen LogP contribution in [0, 0.1) is 12.7 Å². The fraction of sp³-hybridized carbons (Fsp3) is 0.182. The van der Waals surface area contributed by atoms with Crippen molar-refractivity contribution in [2.45, 2.75) is 6.92 Å². The van der Waals surface area contributed by atoms with E-state index in [2.05, 4.69) is 10.2 Å². The minimum absolute atomic E-state index is 0.353. The number of hydrogen-bond donors (Lipinski definition) is 2. The van der Waals surface area contributed by atoms with Gasteiger partial charge in [-0.15, -0.1) is 0 Å². The Labute approximate surface area is 92.2 Å². The van der Waals surface area contributed by atoms with Crippen LogP contribution < -0.4 is 10.5 Å². The van der Waals surface area contributed by atoms with Crippen LogP contribution in [0.4, 0.5) is 10.2 Å². The van der Waals surface area contributed by atoms with Crippen LogP contribution in [-0.4, -0.2) is 17.3 Å². The molecule has 5 heteroatoms. The number of aromatic amines is 1. The molecule has 0 radical (unpaired) electrons. The number of benzene rings is 1. The summed E-state index contributed by atoms with van der Waals surface area (Å²) < 4.78 is 18.9. The van der Waals surface area contributed by atoms with E-state index in [-0.39, 0.29) is 5.82 Å². The molecule has 1 heterocycles. The normalized spacial score (nSPS) is 10.4. The highest BCUT2D eigenvalue weighted by Gasteiger charge is 2.16. The van der Waals surface area contributed by atoms with Crippen molar-refractivity contribution in [3.63, 3.8) is 0 Å². The third-order valence-electron chi connectivity index (χ3n) is 2.49. The minimum Gasteiger partial charge on any atom is -0.496 e. The number of hydrogen-bond acceptors (Lipinski definition) is 3. The number of nitrogen functional groups attached to an aromatic ring is 1. The Balaban J connectivity index is 2.68. The van der Waals surface area contributed by atoms with Crippen molar-refractivity contribution in [2.24, 2.45) is 0 Å². The SMILES string of the molecule is COc1cccc(F)c1-c1[nH]nc(N)c1C. The molecule has 0 aliphatic rings. The number of methoxy groups -OCH3 is 1. The van der Waals surface area contributed by atoms with Gasteiger partial charge in [0.2, 0.25) is 0 Å². The molecule has 0 spiro atoms. The lowest BCUT2D eigenvalue weighted by molar-refractivity contribution is 0.413. The third-order valence-corrected chi connectivity index (χ3v) is 2.49. The van der Waals surface area contributed by atoms with E-state index in [1.807, 2.05) is 0 Å². The predicted molar refractivity (Wildman–Crippen MR) is 59.7 cm³/mol. The first-order valence-corrected chi connectivity index (χ1v) is 4.78. The maximum atomic E-state index is 13.7. The van der Waals surface area contributed by atoms with Crippen LogP contribution in [0.5, 0.6) is 5.75 Å². The lowest BCUT2D eigenvalue weighted by Crippen LogP contribution is -1.93. The summed E-state index contributed by atoms with van der Waals surface area (Å²) in [6.07, 6.45) is 0. The number of nitrogens with one attached hydrogen (secondary N) is 1. The van der Waals surface area contributed by atoms with Crippen LogP contribution in [0.3, 0.4) is 0 Å². The van der Waals surface area contributed by atoms with E-state index < -0.39 is 0 Å². The third kappa shape index (κ3) is 1.50. The van der Waals surface area contributed by atoms with E-state index in [1.165, 1.54) is 13.2 Å². The molecule has 0 atom stereocenters. The van der Waals surface area contributed by atoms with Crippen LogP contribution >= 0.6 is 0 Å². The Morgan fingerprint density at radius 2 is 2.19 bits per heavy atom. The molecule has 0 bridgehead atoms. The number of rotatable bonds is 2. The zero-order chi connectivity index (χ0) is 11.7. The van der Waals surface area contributed by atoms with Crippen molar-refractivity contribution in [2.75, 3.05) is 12.8 Å². The summed E-state index contributed by atoms with van der Waals surface area (Å²) in [5.41, 5.74) is 7.23. The molecule has 3 N–H and O–H groups in total. The summed E-state index contributed by atoms with van der Waals surface area (Å²) >= 11 is 0. The van der Waals surface area contributed by atoms with Crippen LogP contribution in [0.2, 0.25) is 0 Å². The van der Waals surface area contributed by atoms with Gasteiger partial charge < -0.3 is 10.5 Å². The number of halogens is 1. The maximum absolute atomic E-state index is 13.7. The number of ether oxygens (including phenoxy) is 1. The van der Waals surface area contributed by atoms with Gasteiger partial charge in [-0.25, -0.2) is 4.39 Å². The zero-order valence-corrected chi connectivity index (χ0v) is 9.04. The monoisotopic (exact) mass is 221 g/mol. The summed E-state index contributed by atoms with van der Waals surface area (Å²) in [5, 5.41) is 6.55. The van der Waals surface area contributed by atoms with Gasteiger partial charge in [-0.3, -0.25) is 5.10 Å². The molecule has 0 amide bonds. The molecule has 2 aromatic rings. The molecule has 1 aromatic heterocycles. The molecule has 1 aromatic carbocycles. The van der Waals surface area contributed by atoms with Crippen molar-refractivity contribution >= 4 is 5.82 Å². The first-order chi connectivity index (χ1) is 7.65. The average Bonchev–Trinajstić information content (AvgIpc) is 2.60. The van der Waals surface area contributed by atoms with Gasteiger partial charge in [-0.2, -0.15) is 5.10 Å². The van der Waals surface area contributed by atoms with Gasteiger partial charge in [0, 0.05) is 5.56 Å². The Morgan fingerprint density at radius 3 is 2.75 bits per heavy atom. The van der Waals surface area contributed by atoms with E-state index >= 15 is 0 Å². The van der Waals surface area contributed by atoms with E-state index in [0.29, 0.717) is 28.4 Å². The number of H-pyrrole nitrogens is 1. The lowest BCUT2D eigenvalue weighted by Gasteiger charge is -2.08. The van der Waals surface area contributed by atoms with Gasteiger partial charge in [-0.1, -0.05) is 6.07 Å². The molecular formula is C11H12FN3O. The summed E-state index contributed by atoms with van der Waals surface area (Å²) in [6.45, 7) is 1.78. The second kappa shape index (κ2) is 3.84. The lowest BCUT2D eigenvalue weighted by atomic mass is 10.1. The number of nitrogens with two attached hydrogens (primary N) is 1. The highest BCUT2D eigenvalue weighted by Crippen LogP contribution is 2.34. The first-order valence-electron chi connectivity index (χ1n) is 4.78. The standard InChI is InChI=1S/C11H12FN3O/c1-6-10(14-15-11(6)13)9-7(12)4-3-5-8(9)16-2/h3-5H,1-2H3,(H3,13,14,15). The summed E-state index contributed by atoms with van der Waals surface area (Å²) in [7, 11) is 1.49. The molecule has 4 nitrogen and oxygen atoms in total. The van der Waals surface area contributed by atoms with Gasteiger partial charge in [0.15, 0.2) is 0 Å². The highest BCUT2D eigenvalue weighted by atomic mass is 19.1. The Hall–Kier alpha value is -2.04.